The Kier molecular flexibility index (Phi) is 5.44. The standard InChI is InChI=1S/C16H29N3/c1-3-4-5-6-7-8-9-16-18-14-12-13(17)10-11-15(14)19(16)2/h13H,3-12,17H2,1-2H3. The topological polar surface area (TPSA) is 43.8 Å². The minimum absolute atomic E-state index is 0.323. The molecule has 0 saturated heterocycles. The second-order valence-electron chi connectivity index (χ2n) is 6.00. The molecule has 1 aromatic heterocycles. The maximum Gasteiger partial charge on any atom is 0.108 e. The summed E-state index contributed by atoms with van der Waals surface area (Å²) in [6, 6.07) is 0.323. The lowest BCUT2D eigenvalue weighted by Gasteiger charge is -2.17. The highest BCUT2D eigenvalue weighted by Gasteiger charge is 2.21. The van der Waals surface area contributed by atoms with Gasteiger partial charge in [-0.3, -0.25) is 0 Å². The summed E-state index contributed by atoms with van der Waals surface area (Å²) in [5, 5.41) is 0. The van der Waals surface area contributed by atoms with Gasteiger partial charge in [0.05, 0.1) is 5.69 Å². The fourth-order valence-electron chi connectivity index (χ4n) is 3.08. The van der Waals surface area contributed by atoms with E-state index < -0.39 is 0 Å². The van der Waals surface area contributed by atoms with Crippen molar-refractivity contribution >= 4 is 0 Å². The van der Waals surface area contributed by atoms with Crippen LogP contribution >= 0.6 is 0 Å². The van der Waals surface area contributed by atoms with E-state index in [9.17, 15) is 0 Å². The highest BCUT2D eigenvalue weighted by molar-refractivity contribution is 5.21. The number of hydrogen-bond donors (Lipinski definition) is 1. The van der Waals surface area contributed by atoms with Gasteiger partial charge in [0, 0.05) is 31.6 Å². The van der Waals surface area contributed by atoms with Crippen molar-refractivity contribution in [1.82, 2.24) is 9.55 Å². The Bertz CT molecular complexity index is 395. The maximum absolute atomic E-state index is 6.03. The van der Waals surface area contributed by atoms with Crippen molar-refractivity contribution in [3.05, 3.63) is 17.2 Å². The second-order valence-corrected chi connectivity index (χ2v) is 6.00. The van der Waals surface area contributed by atoms with Crippen molar-refractivity contribution in [3.63, 3.8) is 0 Å². The molecule has 0 saturated carbocycles. The number of hydrogen-bond acceptors (Lipinski definition) is 2. The Labute approximate surface area is 117 Å². The minimum atomic E-state index is 0.323. The maximum atomic E-state index is 6.03. The first-order chi connectivity index (χ1) is 9.22. The molecule has 1 aliphatic rings. The largest absolute Gasteiger partial charge is 0.335 e. The van der Waals surface area contributed by atoms with Crippen LogP contribution in [0.5, 0.6) is 0 Å². The molecule has 1 aliphatic carbocycles. The van der Waals surface area contributed by atoms with Gasteiger partial charge in [-0.25, -0.2) is 4.98 Å². The van der Waals surface area contributed by atoms with Crippen LogP contribution in [0.2, 0.25) is 0 Å². The molecule has 1 heterocycles. The van der Waals surface area contributed by atoms with Crippen molar-refractivity contribution in [2.75, 3.05) is 0 Å². The third kappa shape index (κ3) is 3.82. The molecule has 3 heteroatoms. The summed E-state index contributed by atoms with van der Waals surface area (Å²) in [6.45, 7) is 2.27. The Morgan fingerprint density at radius 3 is 2.74 bits per heavy atom. The molecule has 0 spiro atoms. The summed E-state index contributed by atoms with van der Waals surface area (Å²) >= 11 is 0. The van der Waals surface area contributed by atoms with Gasteiger partial charge in [0.2, 0.25) is 0 Å². The van der Waals surface area contributed by atoms with Gasteiger partial charge in [0.25, 0.3) is 0 Å². The number of nitrogens with zero attached hydrogens (tertiary/aromatic N) is 2. The van der Waals surface area contributed by atoms with Crippen LogP contribution in [0.1, 0.15) is 69.1 Å². The summed E-state index contributed by atoms with van der Waals surface area (Å²) in [7, 11) is 2.18. The van der Waals surface area contributed by atoms with Crippen LogP contribution in [0.3, 0.4) is 0 Å². The van der Waals surface area contributed by atoms with Crippen LogP contribution in [-0.4, -0.2) is 15.6 Å². The van der Waals surface area contributed by atoms with Gasteiger partial charge in [0.1, 0.15) is 5.82 Å². The van der Waals surface area contributed by atoms with Crippen molar-refractivity contribution in [2.45, 2.75) is 77.2 Å². The molecule has 0 amide bonds. The molecule has 2 N–H and O–H groups in total. The summed E-state index contributed by atoms with van der Waals surface area (Å²) in [6.07, 6.45) is 12.4. The Balaban J connectivity index is 1.81. The molecule has 1 aromatic rings. The van der Waals surface area contributed by atoms with E-state index in [0.717, 1.165) is 25.7 Å². The lowest BCUT2D eigenvalue weighted by molar-refractivity contribution is 0.552. The van der Waals surface area contributed by atoms with E-state index in [1.165, 1.54) is 55.7 Å². The van der Waals surface area contributed by atoms with Crippen LogP contribution in [0.15, 0.2) is 0 Å². The second kappa shape index (κ2) is 7.09. The molecule has 0 bridgehead atoms. The lowest BCUT2D eigenvalue weighted by Crippen LogP contribution is -2.28. The quantitative estimate of drug-likeness (QED) is 0.768. The van der Waals surface area contributed by atoms with Gasteiger partial charge in [0.15, 0.2) is 0 Å². The molecule has 0 radical (unpaired) electrons. The number of nitrogens with two attached hydrogens (primary N) is 1. The first-order valence-electron chi connectivity index (χ1n) is 8.01. The first-order valence-corrected chi connectivity index (χ1v) is 8.01. The summed E-state index contributed by atoms with van der Waals surface area (Å²) in [5.74, 6) is 1.27. The van der Waals surface area contributed by atoms with E-state index in [2.05, 4.69) is 18.5 Å². The van der Waals surface area contributed by atoms with Gasteiger partial charge < -0.3 is 10.3 Å². The molecular weight excluding hydrogens is 234 g/mol. The highest BCUT2D eigenvalue weighted by Crippen LogP contribution is 2.21. The number of rotatable bonds is 7. The van der Waals surface area contributed by atoms with Crippen LogP contribution < -0.4 is 5.73 Å². The fraction of sp³-hybridized carbons (Fsp3) is 0.812. The van der Waals surface area contributed by atoms with E-state index in [1.54, 1.807) is 0 Å². The number of unbranched alkanes of at least 4 members (excludes halogenated alkanes) is 5. The van der Waals surface area contributed by atoms with Crippen LogP contribution in [0.4, 0.5) is 0 Å². The van der Waals surface area contributed by atoms with Crippen LogP contribution in [0.25, 0.3) is 0 Å². The van der Waals surface area contributed by atoms with Crippen molar-refractivity contribution in [2.24, 2.45) is 12.8 Å². The molecule has 19 heavy (non-hydrogen) atoms. The zero-order valence-electron chi connectivity index (χ0n) is 12.6. The van der Waals surface area contributed by atoms with Gasteiger partial charge in [-0.1, -0.05) is 39.0 Å². The molecule has 2 rings (SSSR count). The normalized spacial score (nSPS) is 18.6. The predicted octanol–water partition coefficient (Wildman–Crippen LogP) is 3.14. The third-order valence-corrected chi connectivity index (χ3v) is 4.35. The Morgan fingerprint density at radius 1 is 1.21 bits per heavy atom. The Hall–Kier alpha value is -0.830. The van der Waals surface area contributed by atoms with E-state index >= 15 is 0 Å². The molecule has 0 aliphatic heterocycles. The SMILES string of the molecule is CCCCCCCCc1nc2c(n1C)CCC(N)C2. The number of aryl methyl sites for hydroxylation is 1. The minimum Gasteiger partial charge on any atom is -0.335 e. The molecular formula is C16H29N3. The summed E-state index contributed by atoms with van der Waals surface area (Å²) in [4.78, 5) is 4.82. The predicted molar refractivity (Wildman–Crippen MR) is 80.3 cm³/mol. The number of fused-ring (bicyclic) bond motifs is 1. The van der Waals surface area contributed by atoms with Gasteiger partial charge in [-0.05, 0) is 19.3 Å². The van der Waals surface area contributed by atoms with Crippen LogP contribution in [0, 0.1) is 0 Å². The molecule has 108 valence electrons. The monoisotopic (exact) mass is 263 g/mol. The van der Waals surface area contributed by atoms with Gasteiger partial charge in [-0.15, -0.1) is 0 Å². The molecule has 1 atom stereocenters. The van der Waals surface area contributed by atoms with Crippen LogP contribution in [-0.2, 0) is 26.3 Å². The van der Waals surface area contributed by atoms with E-state index in [-0.39, 0.29) is 0 Å². The summed E-state index contributed by atoms with van der Waals surface area (Å²) < 4.78 is 2.33. The van der Waals surface area contributed by atoms with Gasteiger partial charge >= 0.3 is 0 Å². The third-order valence-electron chi connectivity index (χ3n) is 4.35. The van der Waals surface area contributed by atoms with E-state index in [1.807, 2.05) is 0 Å². The van der Waals surface area contributed by atoms with E-state index in [0.29, 0.717) is 6.04 Å². The van der Waals surface area contributed by atoms with Crippen molar-refractivity contribution in [3.8, 4) is 0 Å². The number of imidazole rings is 1. The fourth-order valence-corrected chi connectivity index (χ4v) is 3.08. The van der Waals surface area contributed by atoms with E-state index in [4.69, 9.17) is 10.7 Å². The van der Waals surface area contributed by atoms with Crippen molar-refractivity contribution in [1.29, 1.82) is 0 Å². The molecule has 0 fully saturated rings. The average Bonchev–Trinajstić information content (AvgIpc) is 2.70. The molecule has 3 nitrogen and oxygen atoms in total. The number of aromatic nitrogens is 2. The zero-order valence-corrected chi connectivity index (χ0v) is 12.6. The average molecular weight is 263 g/mol. The molecule has 1 unspecified atom stereocenters. The smallest absolute Gasteiger partial charge is 0.108 e. The molecule has 0 aromatic carbocycles. The van der Waals surface area contributed by atoms with Crippen molar-refractivity contribution < 1.29 is 0 Å². The van der Waals surface area contributed by atoms with Gasteiger partial charge in [-0.2, -0.15) is 0 Å². The Morgan fingerprint density at radius 2 is 1.95 bits per heavy atom. The highest BCUT2D eigenvalue weighted by atomic mass is 15.1. The first kappa shape index (κ1) is 14.6. The zero-order chi connectivity index (χ0) is 13.7. The summed E-state index contributed by atoms with van der Waals surface area (Å²) in [5.41, 5.74) is 8.73. The lowest BCUT2D eigenvalue weighted by atomic mass is 9.97.